The monoisotopic (exact) mass is 264 g/mol. The van der Waals surface area contributed by atoms with Gasteiger partial charge in [-0.05, 0) is 71.1 Å². The van der Waals surface area contributed by atoms with Gasteiger partial charge < -0.3 is 15.0 Å². The van der Waals surface area contributed by atoms with Gasteiger partial charge in [0.2, 0.25) is 0 Å². The third kappa shape index (κ3) is 6.60. The van der Waals surface area contributed by atoms with Crippen molar-refractivity contribution in [3.63, 3.8) is 0 Å². The van der Waals surface area contributed by atoms with Gasteiger partial charge in [-0.2, -0.15) is 0 Å². The zero-order valence-corrected chi connectivity index (χ0v) is 12.8. The molecule has 0 atom stereocenters. The Morgan fingerprint density at radius 2 is 1.84 bits per heavy atom. The van der Waals surface area contributed by atoms with Crippen LogP contribution in [0.1, 0.15) is 25.8 Å². The first-order valence-corrected chi connectivity index (χ1v) is 7.17. The molecular formula is C16H28N2O. The first kappa shape index (κ1) is 16.0. The van der Waals surface area contributed by atoms with Crippen molar-refractivity contribution in [1.29, 1.82) is 0 Å². The molecule has 0 amide bonds. The predicted octanol–water partition coefficient (Wildman–Crippen LogP) is 2.56. The van der Waals surface area contributed by atoms with Crippen LogP contribution in [0.3, 0.4) is 0 Å². The van der Waals surface area contributed by atoms with Crippen LogP contribution in [0.25, 0.3) is 0 Å². The van der Waals surface area contributed by atoms with Crippen molar-refractivity contribution < 1.29 is 4.74 Å². The van der Waals surface area contributed by atoms with Crippen LogP contribution in [-0.4, -0.2) is 44.7 Å². The van der Waals surface area contributed by atoms with Gasteiger partial charge in [-0.15, -0.1) is 0 Å². The van der Waals surface area contributed by atoms with E-state index in [1.165, 1.54) is 12.0 Å². The van der Waals surface area contributed by atoms with Crippen molar-refractivity contribution in [3.05, 3.63) is 29.8 Å². The third-order valence-electron chi connectivity index (χ3n) is 3.50. The second-order valence-electron chi connectivity index (χ2n) is 5.28. The highest BCUT2D eigenvalue weighted by Crippen LogP contribution is 2.11. The van der Waals surface area contributed by atoms with Crippen molar-refractivity contribution in [2.45, 2.75) is 32.7 Å². The lowest BCUT2D eigenvalue weighted by Crippen LogP contribution is -2.30. The highest BCUT2D eigenvalue weighted by molar-refractivity contribution is 5.27. The molecule has 19 heavy (non-hydrogen) atoms. The summed E-state index contributed by atoms with van der Waals surface area (Å²) in [6.07, 6.45) is 2.28. The molecule has 0 heterocycles. The van der Waals surface area contributed by atoms with Crippen LogP contribution < -0.4 is 10.1 Å². The summed E-state index contributed by atoms with van der Waals surface area (Å²) in [4.78, 5) is 2.38. The van der Waals surface area contributed by atoms with Crippen molar-refractivity contribution in [3.8, 4) is 5.75 Å². The second-order valence-corrected chi connectivity index (χ2v) is 5.28. The van der Waals surface area contributed by atoms with Crippen LogP contribution in [0.2, 0.25) is 0 Å². The summed E-state index contributed by atoms with van der Waals surface area (Å²) < 4.78 is 5.15. The fourth-order valence-electron chi connectivity index (χ4n) is 1.86. The molecule has 0 bridgehead atoms. The van der Waals surface area contributed by atoms with Crippen LogP contribution in [-0.2, 0) is 6.42 Å². The van der Waals surface area contributed by atoms with Crippen molar-refractivity contribution in [2.75, 3.05) is 33.8 Å². The number of nitrogens with one attached hydrogen (secondary N) is 1. The van der Waals surface area contributed by atoms with Crippen LogP contribution in [0.5, 0.6) is 5.75 Å². The summed E-state index contributed by atoms with van der Waals surface area (Å²) in [6.45, 7) is 7.76. The number of benzene rings is 1. The largest absolute Gasteiger partial charge is 0.497 e. The van der Waals surface area contributed by atoms with E-state index in [-0.39, 0.29) is 0 Å². The normalized spacial score (nSPS) is 11.3. The van der Waals surface area contributed by atoms with Gasteiger partial charge in [-0.1, -0.05) is 12.1 Å². The molecule has 0 fully saturated rings. The number of nitrogens with zero attached hydrogens (tertiary/aromatic N) is 1. The highest BCUT2D eigenvalue weighted by Gasteiger charge is 2.01. The molecule has 3 heteroatoms. The molecule has 1 aromatic rings. The summed E-state index contributed by atoms with van der Waals surface area (Å²) in [7, 11) is 3.88. The Labute approximate surface area is 118 Å². The van der Waals surface area contributed by atoms with Gasteiger partial charge in [0.15, 0.2) is 0 Å². The van der Waals surface area contributed by atoms with Gasteiger partial charge in [0.1, 0.15) is 5.75 Å². The maximum atomic E-state index is 5.15. The lowest BCUT2D eigenvalue weighted by atomic mass is 10.1. The summed E-state index contributed by atoms with van der Waals surface area (Å²) in [5.74, 6) is 0.924. The lowest BCUT2D eigenvalue weighted by molar-refractivity contribution is 0.269. The van der Waals surface area contributed by atoms with Crippen LogP contribution in [0.15, 0.2) is 24.3 Å². The van der Waals surface area contributed by atoms with E-state index in [1.54, 1.807) is 7.11 Å². The van der Waals surface area contributed by atoms with Gasteiger partial charge in [0.05, 0.1) is 7.11 Å². The molecule has 0 aliphatic carbocycles. The quantitative estimate of drug-likeness (QED) is 0.694. The Morgan fingerprint density at radius 3 is 2.42 bits per heavy atom. The lowest BCUT2D eigenvalue weighted by Gasteiger charge is -2.20. The van der Waals surface area contributed by atoms with Crippen molar-refractivity contribution in [2.24, 2.45) is 0 Å². The van der Waals surface area contributed by atoms with Crippen LogP contribution in [0.4, 0.5) is 0 Å². The van der Waals surface area contributed by atoms with Gasteiger partial charge in [0, 0.05) is 6.04 Å². The SMILES string of the molecule is COc1ccc(CCNCCCN(C)C(C)C)cc1. The highest BCUT2D eigenvalue weighted by atomic mass is 16.5. The Morgan fingerprint density at radius 1 is 1.16 bits per heavy atom. The van der Waals surface area contributed by atoms with Crippen LogP contribution >= 0.6 is 0 Å². The summed E-state index contributed by atoms with van der Waals surface area (Å²) in [5.41, 5.74) is 1.35. The second kappa shape index (κ2) is 8.94. The standard InChI is InChI=1S/C16H28N2O/c1-14(2)18(3)13-5-11-17-12-10-15-6-8-16(19-4)9-7-15/h6-9,14,17H,5,10-13H2,1-4H3. The molecule has 1 aromatic carbocycles. The Balaban J connectivity index is 2.07. The molecule has 0 aromatic heterocycles. The molecule has 1 rings (SSSR count). The Kier molecular flexibility index (Phi) is 7.53. The smallest absolute Gasteiger partial charge is 0.118 e. The van der Waals surface area contributed by atoms with Gasteiger partial charge in [0.25, 0.3) is 0 Å². The number of hydrogen-bond acceptors (Lipinski definition) is 3. The topological polar surface area (TPSA) is 24.5 Å². The summed E-state index contributed by atoms with van der Waals surface area (Å²) in [5, 5.41) is 3.50. The predicted molar refractivity (Wildman–Crippen MR) is 82.0 cm³/mol. The summed E-state index contributed by atoms with van der Waals surface area (Å²) >= 11 is 0. The van der Waals surface area contributed by atoms with Gasteiger partial charge >= 0.3 is 0 Å². The van der Waals surface area contributed by atoms with E-state index < -0.39 is 0 Å². The van der Waals surface area contributed by atoms with E-state index in [4.69, 9.17) is 4.74 Å². The van der Waals surface area contributed by atoms with Gasteiger partial charge in [-0.3, -0.25) is 0 Å². The maximum absolute atomic E-state index is 5.15. The minimum atomic E-state index is 0.638. The van der Waals surface area contributed by atoms with E-state index >= 15 is 0 Å². The first-order valence-electron chi connectivity index (χ1n) is 7.17. The minimum absolute atomic E-state index is 0.638. The average molecular weight is 264 g/mol. The average Bonchev–Trinajstić information content (AvgIpc) is 2.42. The fourth-order valence-corrected chi connectivity index (χ4v) is 1.86. The molecule has 0 aliphatic heterocycles. The molecule has 108 valence electrons. The Hall–Kier alpha value is -1.06. The van der Waals surface area contributed by atoms with Gasteiger partial charge in [-0.25, -0.2) is 0 Å². The molecule has 1 N–H and O–H groups in total. The molecule has 0 aliphatic rings. The molecule has 0 spiro atoms. The molecular weight excluding hydrogens is 236 g/mol. The number of ether oxygens (including phenoxy) is 1. The number of methoxy groups -OCH3 is 1. The summed E-state index contributed by atoms with van der Waals surface area (Å²) in [6, 6.07) is 8.94. The Bertz CT molecular complexity index is 335. The van der Waals surface area contributed by atoms with Crippen LogP contribution in [0, 0.1) is 0 Å². The minimum Gasteiger partial charge on any atom is -0.497 e. The molecule has 3 nitrogen and oxygen atoms in total. The fraction of sp³-hybridized carbons (Fsp3) is 0.625. The molecule has 0 unspecified atom stereocenters. The zero-order valence-electron chi connectivity index (χ0n) is 12.8. The van der Waals surface area contributed by atoms with E-state index in [1.807, 2.05) is 12.1 Å². The number of rotatable bonds is 9. The molecule has 0 saturated carbocycles. The zero-order chi connectivity index (χ0) is 14.1. The maximum Gasteiger partial charge on any atom is 0.118 e. The first-order chi connectivity index (χ1) is 9.13. The van der Waals surface area contributed by atoms with E-state index in [0.29, 0.717) is 6.04 Å². The van der Waals surface area contributed by atoms with Crippen molar-refractivity contribution >= 4 is 0 Å². The molecule has 0 saturated heterocycles. The molecule has 0 radical (unpaired) electrons. The third-order valence-corrected chi connectivity index (χ3v) is 3.50. The van der Waals surface area contributed by atoms with E-state index in [9.17, 15) is 0 Å². The van der Waals surface area contributed by atoms with Crippen molar-refractivity contribution in [1.82, 2.24) is 10.2 Å². The van der Waals surface area contributed by atoms with E-state index in [0.717, 1.165) is 31.8 Å². The number of hydrogen-bond donors (Lipinski definition) is 1. The van der Waals surface area contributed by atoms with E-state index in [2.05, 4.69) is 43.2 Å².